The Balaban J connectivity index is 0.000000280. The van der Waals surface area contributed by atoms with Crippen molar-refractivity contribution in [3.05, 3.63) is 29.3 Å². The van der Waals surface area contributed by atoms with Crippen LogP contribution in [0.1, 0.15) is 11.1 Å². The highest BCUT2D eigenvalue weighted by Crippen LogP contribution is 2.26. The lowest BCUT2D eigenvalue weighted by molar-refractivity contribution is -0.136. The predicted molar refractivity (Wildman–Crippen MR) is 64.5 cm³/mol. The summed E-state index contributed by atoms with van der Waals surface area (Å²) in [4.78, 5) is 10.4. The smallest absolute Gasteiger partial charge is 0.307 e. The average Bonchev–Trinajstić information content (AvgIpc) is 2.60. The van der Waals surface area contributed by atoms with Gasteiger partial charge in [-0.15, -0.1) is 0 Å². The topological polar surface area (TPSA) is 101 Å². The molecular formula is C11H14O6S. The van der Waals surface area contributed by atoms with Crippen molar-refractivity contribution in [2.24, 2.45) is 0 Å². The fourth-order valence-electron chi connectivity index (χ4n) is 1.50. The van der Waals surface area contributed by atoms with Crippen molar-refractivity contribution in [3.63, 3.8) is 0 Å². The molecule has 2 rings (SSSR count). The number of carbonyl (C=O) groups is 1. The quantitative estimate of drug-likeness (QED) is 0.772. The minimum absolute atomic E-state index is 0.0661. The fraction of sp³-hybridized carbons (Fsp3) is 0.364. The maximum Gasteiger partial charge on any atom is 0.307 e. The van der Waals surface area contributed by atoms with Gasteiger partial charge in [0, 0.05) is 6.42 Å². The summed E-state index contributed by atoms with van der Waals surface area (Å²) in [7, 11) is -3.67. The maximum absolute atomic E-state index is 10.4. The minimum Gasteiger partial charge on any atom is -0.493 e. The van der Waals surface area contributed by atoms with E-state index >= 15 is 0 Å². The van der Waals surface area contributed by atoms with E-state index in [4.69, 9.17) is 14.4 Å². The Morgan fingerprint density at radius 3 is 2.61 bits per heavy atom. The molecule has 0 bridgehead atoms. The van der Waals surface area contributed by atoms with Crippen LogP contribution in [0.4, 0.5) is 0 Å². The zero-order valence-electron chi connectivity index (χ0n) is 9.79. The Morgan fingerprint density at radius 2 is 2.06 bits per heavy atom. The molecule has 0 saturated carbocycles. The highest BCUT2D eigenvalue weighted by Gasteiger charge is 2.12. The Hall–Kier alpha value is -1.60. The van der Waals surface area contributed by atoms with E-state index in [-0.39, 0.29) is 6.42 Å². The molecule has 1 heterocycles. The second-order valence-electron chi connectivity index (χ2n) is 3.84. The van der Waals surface area contributed by atoms with E-state index in [1.165, 1.54) is 5.56 Å². The summed E-state index contributed by atoms with van der Waals surface area (Å²) >= 11 is 0. The first-order valence-electron chi connectivity index (χ1n) is 5.14. The number of aliphatic carboxylic acids is 1. The number of carboxylic acids is 1. The third-order valence-corrected chi connectivity index (χ3v) is 2.12. The molecule has 6 nitrogen and oxygen atoms in total. The highest BCUT2D eigenvalue weighted by atomic mass is 32.2. The summed E-state index contributed by atoms with van der Waals surface area (Å²) in [5.74, 6) is 0.0386. The van der Waals surface area contributed by atoms with Gasteiger partial charge in [-0.25, -0.2) is 0 Å². The van der Waals surface area contributed by atoms with Gasteiger partial charge in [-0.05, 0) is 17.2 Å². The Bertz CT molecular complexity index is 526. The lowest BCUT2D eigenvalue weighted by Gasteiger charge is -2.01. The van der Waals surface area contributed by atoms with E-state index in [1.807, 2.05) is 18.2 Å². The molecule has 0 spiro atoms. The second-order valence-corrected chi connectivity index (χ2v) is 5.31. The van der Waals surface area contributed by atoms with Gasteiger partial charge in [0.25, 0.3) is 10.1 Å². The summed E-state index contributed by atoms with van der Waals surface area (Å²) in [6.07, 6.45) is 1.71. The van der Waals surface area contributed by atoms with E-state index < -0.39 is 16.1 Å². The Labute approximate surface area is 105 Å². The molecule has 0 aromatic heterocycles. The normalized spacial score (nSPS) is 13.0. The first-order chi connectivity index (χ1) is 8.25. The monoisotopic (exact) mass is 274 g/mol. The van der Waals surface area contributed by atoms with E-state index in [9.17, 15) is 13.2 Å². The van der Waals surface area contributed by atoms with Crippen molar-refractivity contribution < 1.29 is 27.6 Å². The van der Waals surface area contributed by atoms with Gasteiger partial charge >= 0.3 is 5.97 Å². The SMILES string of the molecule is CS(=O)(=O)O.O=C(O)Cc1ccc2c(c1)OCC2. The molecule has 100 valence electrons. The van der Waals surface area contributed by atoms with Gasteiger partial charge in [0.1, 0.15) is 5.75 Å². The van der Waals surface area contributed by atoms with Crippen molar-refractivity contribution in [1.82, 2.24) is 0 Å². The van der Waals surface area contributed by atoms with Crippen LogP contribution in [0.5, 0.6) is 5.75 Å². The Morgan fingerprint density at radius 1 is 1.44 bits per heavy atom. The lowest BCUT2D eigenvalue weighted by Crippen LogP contribution is -1.99. The van der Waals surface area contributed by atoms with E-state index in [0.29, 0.717) is 12.9 Å². The van der Waals surface area contributed by atoms with Crippen molar-refractivity contribution in [1.29, 1.82) is 0 Å². The average molecular weight is 274 g/mol. The zero-order valence-corrected chi connectivity index (χ0v) is 10.6. The molecule has 1 aromatic rings. The molecule has 18 heavy (non-hydrogen) atoms. The predicted octanol–water partition coefficient (Wildman–Crippen LogP) is 0.753. The molecule has 1 aliphatic rings. The Kier molecular flexibility index (Phi) is 4.69. The summed E-state index contributed by atoms with van der Waals surface area (Å²) < 4.78 is 31.2. The molecule has 0 fully saturated rings. The standard InChI is InChI=1S/C10H10O3.CH4O3S/c11-10(12)6-7-1-2-8-3-4-13-9(8)5-7;1-5(2,3)4/h1-2,5H,3-4,6H2,(H,11,12);1H3,(H,2,3,4). The van der Waals surface area contributed by atoms with Gasteiger partial charge in [-0.1, -0.05) is 12.1 Å². The van der Waals surface area contributed by atoms with Crippen LogP contribution < -0.4 is 4.74 Å². The van der Waals surface area contributed by atoms with Crippen molar-refractivity contribution in [2.75, 3.05) is 12.9 Å². The third kappa shape index (κ3) is 5.65. The van der Waals surface area contributed by atoms with Gasteiger partial charge in [0.05, 0.1) is 19.3 Å². The van der Waals surface area contributed by atoms with Crippen LogP contribution in [0, 0.1) is 0 Å². The summed E-state index contributed by atoms with van der Waals surface area (Å²) in [5.41, 5.74) is 1.97. The van der Waals surface area contributed by atoms with Crippen molar-refractivity contribution in [3.8, 4) is 5.75 Å². The number of benzene rings is 1. The molecule has 0 atom stereocenters. The third-order valence-electron chi connectivity index (χ3n) is 2.12. The molecule has 0 radical (unpaired) electrons. The van der Waals surface area contributed by atoms with Crippen molar-refractivity contribution in [2.45, 2.75) is 12.8 Å². The van der Waals surface area contributed by atoms with Crippen LogP contribution in [0.25, 0.3) is 0 Å². The first-order valence-corrected chi connectivity index (χ1v) is 6.99. The van der Waals surface area contributed by atoms with Crippen LogP contribution in [0.3, 0.4) is 0 Å². The molecule has 1 aromatic carbocycles. The highest BCUT2D eigenvalue weighted by molar-refractivity contribution is 7.85. The molecule has 0 amide bonds. The van der Waals surface area contributed by atoms with Gasteiger partial charge in [-0.3, -0.25) is 9.35 Å². The largest absolute Gasteiger partial charge is 0.493 e. The zero-order chi connectivity index (χ0) is 13.8. The van der Waals surface area contributed by atoms with E-state index in [2.05, 4.69) is 0 Å². The number of rotatable bonds is 2. The minimum atomic E-state index is -3.67. The van der Waals surface area contributed by atoms with Gasteiger partial charge in [0.2, 0.25) is 0 Å². The van der Waals surface area contributed by atoms with Crippen LogP contribution >= 0.6 is 0 Å². The van der Waals surface area contributed by atoms with E-state index in [1.54, 1.807) is 0 Å². The summed E-state index contributed by atoms with van der Waals surface area (Å²) in [5, 5.41) is 8.57. The molecule has 7 heteroatoms. The maximum atomic E-state index is 10.4. The van der Waals surface area contributed by atoms with Crippen molar-refractivity contribution >= 4 is 16.1 Å². The van der Waals surface area contributed by atoms with Crippen LogP contribution in [0.15, 0.2) is 18.2 Å². The summed E-state index contributed by atoms with van der Waals surface area (Å²) in [6, 6.07) is 5.61. The molecular weight excluding hydrogens is 260 g/mol. The fourth-order valence-corrected chi connectivity index (χ4v) is 1.50. The van der Waals surface area contributed by atoms with Gasteiger partial charge in [0.15, 0.2) is 0 Å². The molecule has 0 aliphatic carbocycles. The molecule has 2 N–H and O–H groups in total. The number of ether oxygens (including phenoxy) is 1. The molecule has 1 aliphatic heterocycles. The first kappa shape index (κ1) is 14.5. The number of fused-ring (bicyclic) bond motifs is 1. The van der Waals surface area contributed by atoms with Crippen LogP contribution in [-0.2, 0) is 27.8 Å². The lowest BCUT2D eigenvalue weighted by atomic mass is 10.1. The number of hydrogen-bond donors (Lipinski definition) is 2. The van der Waals surface area contributed by atoms with Gasteiger partial charge < -0.3 is 9.84 Å². The second kappa shape index (κ2) is 5.83. The molecule has 0 unspecified atom stereocenters. The number of hydrogen-bond acceptors (Lipinski definition) is 4. The number of carboxylic acid groups (broad SMARTS) is 1. The van der Waals surface area contributed by atoms with Crippen LogP contribution in [0.2, 0.25) is 0 Å². The van der Waals surface area contributed by atoms with Crippen LogP contribution in [-0.4, -0.2) is 36.9 Å². The summed E-state index contributed by atoms with van der Waals surface area (Å²) in [6.45, 7) is 0.714. The van der Waals surface area contributed by atoms with Gasteiger partial charge in [-0.2, -0.15) is 8.42 Å². The van der Waals surface area contributed by atoms with E-state index in [0.717, 1.165) is 17.7 Å². The molecule has 0 saturated heterocycles.